The van der Waals surface area contributed by atoms with Crippen LogP contribution in [-0.4, -0.2) is 12.0 Å². The predicted octanol–water partition coefficient (Wildman–Crippen LogP) is 3.91. The smallest absolute Gasteiger partial charge is 0.315 e. The van der Waals surface area contributed by atoms with Gasteiger partial charge in [0.05, 0.1) is 27.3 Å². The Bertz CT molecular complexity index is 740. The maximum atomic E-state index is 11.2. The fourth-order valence-electron chi connectivity index (χ4n) is 1.87. The molecule has 2 aromatic rings. The number of rotatable bonds is 4. The zero-order valence-electron chi connectivity index (χ0n) is 11.1. The Balaban J connectivity index is 2.45. The third-order valence-corrected chi connectivity index (χ3v) is 3.17. The molecule has 2 aromatic carbocycles. The van der Waals surface area contributed by atoms with Gasteiger partial charge in [0.15, 0.2) is 0 Å². The Kier molecular flexibility index (Phi) is 4.26. The van der Waals surface area contributed by atoms with E-state index in [9.17, 15) is 10.1 Å². The Morgan fingerprint density at radius 2 is 1.95 bits per heavy atom. The summed E-state index contributed by atoms with van der Waals surface area (Å²) in [6.45, 7) is 0. The van der Waals surface area contributed by atoms with E-state index in [-0.39, 0.29) is 5.69 Å². The second-order valence-corrected chi connectivity index (χ2v) is 4.55. The molecule has 0 fully saturated rings. The van der Waals surface area contributed by atoms with Crippen LogP contribution in [0, 0.1) is 21.4 Å². The Morgan fingerprint density at radius 1 is 1.24 bits per heavy atom. The molecule has 106 valence electrons. The molecule has 6 nitrogen and oxygen atoms in total. The first-order chi connectivity index (χ1) is 10.1. The van der Waals surface area contributed by atoms with Crippen LogP contribution in [0.5, 0.6) is 0 Å². The Hall–Kier alpha value is -2.78. The summed E-state index contributed by atoms with van der Waals surface area (Å²) in [4.78, 5) is 10.8. The van der Waals surface area contributed by atoms with Gasteiger partial charge in [-0.05, 0) is 30.3 Å². The van der Waals surface area contributed by atoms with Gasteiger partial charge in [0.1, 0.15) is 11.4 Å². The fourth-order valence-corrected chi connectivity index (χ4v) is 2.10. The molecular formula is C14H11ClN4O2. The van der Waals surface area contributed by atoms with Crippen LogP contribution < -0.4 is 10.6 Å². The van der Waals surface area contributed by atoms with Crippen LogP contribution in [0.3, 0.4) is 0 Å². The van der Waals surface area contributed by atoms with Crippen molar-refractivity contribution in [2.24, 2.45) is 0 Å². The molecule has 0 spiro atoms. The van der Waals surface area contributed by atoms with Gasteiger partial charge in [0.25, 0.3) is 0 Å². The summed E-state index contributed by atoms with van der Waals surface area (Å²) < 4.78 is 0. The molecule has 0 heterocycles. The molecule has 21 heavy (non-hydrogen) atoms. The van der Waals surface area contributed by atoms with Gasteiger partial charge in [0, 0.05) is 7.05 Å². The van der Waals surface area contributed by atoms with Crippen molar-refractivity contribution in [2.45, 2.75) is 0 Å². The van der Waals surface area contributed by atoms with Crippen LogP contribution in [0.2, 0.25) is 5.02 Å². The summed E-state index contributed by atoms with van der Waals surface area (Å²) in [6, 6.07) is 11.6. The first-order valence-corrected chi connectivity index (χ1v) is 6.36. The summed E-state index contributed by atoms with van der Waals surface area (Å²) >= 11 is 6.06. The first kappa shape index (κ1) is 14.6. The largest absolute Gasteiger partial charge is 0.382 e. The molecule has 0 unspecified atom stereocenters. The monoisotopic (exact) mass is 302 g/mol. The van der Waals surface area contributed by atoms with Gasteiger partial charge < -0.3 is 10.6 Å². The quantitative estimate of drug-likeness (QED) is 0.660. The summed E-state index contributed by atoms with van der Waals surface area (Å²) in [5, 5.41) is 26.0. The molecular weight excluding hydrogens is 292 g/mol. The molecule has 0 saturated heterocycles. The van der Waals surface area contributed by atoms with Crippen molar-refractivity contribution in [3.05, 3.63) is 57.1 Å². The van der Waals surface area contributed by atoms with E-state index >= 15 is 0 Å². The SMILES string of the molecule is CNc1cccc(Nc2ccc(C#N)cc2Cl)c1[N+](=O)[O-]. The van der Waals surface area contributed by atoms with E-state index in [1.54, 1.807) is 37.4 Å². The molecule has 0 saturated carbocycles. The van der Waals surface area contributed by atoms with Crippen molar-refractivity contribution in [3.8, 4) is 6.07 Å². The number of nitro benzene ring substituents is 1. The molecule has 0 atom stereocenters. The highest BCUT2D eigenvalue weighted by molar-refractivity contribution is 6.33. The molecule has 0 amide bonds. The zero-order valence-corrected chi connectivity index (χ0v) is 11.8. The van der Waals surface area contributed by atoms with Crippen LogP contribution in [-0.2, 0) is 0 Å². The average molecular weight is 303 g/mol. The predicted molar refractivity (Wildman–Crippen MR) is 82.1 cm³/mol. The van der Waals surface area contributed by atoms with Crippen molar-refractivity contribution in [1.82, 2.24) is 0 Å². The summed E-state index contributed by atoms with van der Waals surface area (Å²) in [5.74, 6) is 0. The van der Waals surface area contributed by atoms with Crippen molar-refractivity contribution >= 4 is 34.4 Å². The number of nitrogens with one attached hydrogen (secondary N) is 2. The third kappa shape index (κ3) is 3.04. The Labute approximate surface area is 126 Å². The van der Waals surface area contributed by atoms with Gasteiger partial charge in [-0.15, -0.1) is 0 Å². The normalized spacial score (nSPS) is 9.76. The molecule has 0 bridgehead atoms. The number of halogens is 1. The number of benzene rings is 2. The van der Waals surface area contributed by atoms with E-state index < -0.39 is 4.92 Å². The molecule has 0 radical (unpaired) electrons. The van der Waals surface area contributed by atoms with Gasteiger partial charge in [-0.1, -0.05) is 17.7 Å². The number of para-hydroxylation sites is 1. The van der Waals surface area contributed by atoms with E-state index in [0.717, 1.165) is 0 Å². The number of hydrogen-bond acceptors (Lipinski definition) is 5. The third-order valence-electron chi connectivity index (χ3n) is 2.86. The van der Waals surface area contributed by atoms with Crippen molar-refractivity contribution in [1.29, 1.82) is 5.26 Å². The van der Waals surface area contributed by atoms with E-state index in [1.807, 2.05) is 6.07 Å². The molecule has 2 rings (SSSR count). The van der Waals surface area contributed by atoms with Crippen LogP contribution in [0.1, 0.15) is 5.56 Å². The van der Waals surface area contributed by atoms with Crippen LogP contribution >= 0.6 is 11.6 Å². The first-order valence-electron chi connectivity index (χ1n) is 5.98. The number of nitrogens with zero attached hydrogens (tertiary/aromatic N) is 2. The van der Waals surface area contributed by atoms with Gasteiger partial charge >= 0.3 is 5.69 Å². The molecule has 2 N–H and O–H groups in total. The summed E-state index contributed by atoms with van der Waals surface area (Å²) in [6.07, 6.45) is 0. The van der Waals surface area contributed by atoms with E-state index in [2.05, 4.69) is 10.6 Å². The van der Waals surface area contributed by atoms with Crippen molar-refractivity contribution < 1.29 is 4.92 Å². The molecule has 0 aliphatic rings. The lowest BCUT2D eigenvalue weighted by Gasteiger charge is -2.11. The summed E-state index contributed by atoms with van der Waals surface area (Å²) in [5.41, 5.74) is 1.56. The van der Waals surface area contributed by atoms with Gasteiger partial charge in [0.2, 0.25) is 0 Å². The maximum absolute atomic E-state index is 11.2. The van der Waals surface area contributed by atoms with E-state index in [4.69, 9.17) is 16.9 Å². The highest BCUT2D eigenvalue weighted by Gasteiger charge is 2.19. The Morgan fingerprint density at radius 3 is 2.52 bits per heavy atom. The number of hydrogen-bond donors (Lipinski definition) is 2. The fraction of sp³-hybridized carbons (Fsp3) is 0.0714. The van der Waals surface area contributed by atoms with E-state index in [0.29, 0.717) is 27.6 Å². The van der Waals surface area contributed by atoms with Gasteiger partial charge in [-0.25, -0.2) is 0 Å². The van der Waals surface area contributed by atoms with Gasteiger partial charge in [-0.3, -0.25) is 10.1 Å². The zero-order chi connectivity index (χ0) is 15.4. The lowest BCUT2D eigenvalue weighted by molar-refractivity contribution is -0.383. The highest BCUT2D eigenvalue weighted by Crippen LogP contribution is 2.36. The minimum Gasteiger partial charge on any atom is -0.382 e. The van der Waals surface area contributed by atoms with Crippen LogP contribution in [0.15, 0.2) is 36.4 Å². The molecule has 0 aliphatic heterocycles. The number of anilines is 3. The van der Waals surface area contributed by atoms with E-state index in [1.165, 1.54) is 6.07 Å². The molecule has 7 heteroatoms. The maximum Gasteiger partial charge on any atom is 0.315 e. The summed E-state index contributed by atoms with van der Waals surface area (Å²) in [7, 11) is 1.61. The number of nitriles is 1. The van der Waals surface area contributed by atoms with Crippen molar-refractivity contribution in [2.75, 3.05) is 17.7 Å². The van der Waals surface area contributed by atoms with Crippen molar-refractivity contribution in [3.63, 3.8) is 0 Å². The lowest BCUT2D eigenvalue weighted by atomic mass is 10.2. The lowest BCUT2D eigenvalue weighted by Crippen LogP contribution is -2.01. The average Bonchev–Trinajstić information content (AvgIpc) is 2.48. The second kappa shape index (κ2) is 6.11. The standard InChI is InChI=1S/C14H11ClN4O2/c1-17-12-3-2-4-13(14(12)19(20)21)18-11-6-5-9(8-16)7-10(11)15/h2-7,17-18H,1H3. The minimum absolute atomic E-state index is 0.0690. The number of nitro groups is 1. The second-order valence-electron chi connectivity index (χ2n) is 4.14. The van der Waals surface area contributed by atoms with Crippen LogP contribution in [0.4, 0.5) is 22.7 Å². The molecule has 0 aliphatic carbocycles. The minimum atomic E-state index is -0.467. The topological polar surface area (TPSA) is 91.0 Å². The van der Waals surface area contributed by atoms with Gasteiger partial charge in [-0.2, -0.15) is 5.26 Å². The molecule has 0 aromatic heterocycles. The van der Waals surface area contributed by atoms with Crippen LogP contribution in [0.25, 0.3) is 0 Å². The highest BCUT2D eigenvalue weighted by atomic mass is 35.5.